The number of hydrogen-bond acceptors (Lipinski definition) is 4. The molecule has 21 heavy (non-hydrogen) atoms. The van der Waals surface area contributed by atoms with Gasteiger partial charge in [-0.2, -0.15) is 0 Å². The van der Waals surface area contributed by atoms with E-state index in [1.165, 1.54) is 0 Å². The van der Waals surface area contributed by atoms with Gasteiger partial charge in [0.1, 0.15) is 0 Å². The SMILES string of the molecule is CCC(C)Nc1nc(-c2c(C)cc(C)n(CC)c2=O)cs1. The molecule has 1 N–H and O–H groups in total. The first kappa shape index (κ1) is 15.8. The molecule has 2 aromatic rings. The maximum atomic E-state index is 12.6. The first-order chi connectivity index (χ1) is 9.97. The average molecular weight is 305 g/mol. The third-order valence-electron chi connectivity index (χ3n) is 3.76. The summed E-state index contributed by atoms with van der Waals surface area (Å²) in [6.07, 6.45) is 1.04. The van der Waals surface area contributed by atoms with E-state index in [4.69, 9.17) is 0 Å². The Morgan fingerprint density at radius 1 is 1.38 bits per heavy atom. The highest BCUT2D eigenvalue weighted by molar-refractivity contribution is 7.14. The zero-order valence-corrected chi connectivity index (χ0v) is 14.2. The minimum absolute atomic E-state index is 0.0513. The van der Waals surface area contributed by atoms with Crippen molar-refractivity contribution in [3.05, 3.63) is 33.1 Å². The fourth-order valence-electron chi connectivity index (χ4n) is 2.40. The molecule has 0 radical (unpaired) electrons. The summed E-state index contributed by atoms with van der Waals surface area (Å²) in [5.41, 5.74) is 3.53. The predicted molar refractivity (Wildman–Crippen MR) is 90.3 cm³/mol. The van der Waals surface area contributed by atoms with Crippen molar-refractivity contribution in [2.24, 2.45) is 0 Å². The van der Waals surface area contributed by atoms with Gasteiger partial charge < -0.3 is 9.88 Å². The third-order valence-corrected chi connectivity index (χ3v) is 4.54. The van der Waals surface area contributed by atoms with Crippen molar-refractivity contribution in [1.82, 2.24) is 9.55 Å². The molecule has 0 spiro atoms. The maximum Gasteiger partial charge on any atom is 0.260 e. The number of hydrogen-bond donors (Lipinski definition) is 1. The van der Waals surface area contributed by atoms with Gasteiger partial charge in [-0.25, -0.2) is 4.98 Å². The van der Waals surface area contributed by atoms with Crippen LogP contribution in [0.4, 0.5) is 5.13 Å². The molecule has 1 atom stereocenters. The number of nitrogens with zero attached hydrogens (tertiary/aromatic N) is 2. The molecule has 0 saturated carbocycles. The molecule has 2 rings (SSSR count). The molecule has 0 amide bonds. The molecule has 2 heterocycles. The van der Waals surface area contributed by atoms with Gasteiger partial charge in [-0.3, -0.25) is 4.79 Å². The zero-order chi connectivity index (χ0) is 15.6. The van der Waals surface area contributed by atoms with Crippen LogP contribution in [0.3, 0.4) is 0 Å². The molecule has 1 unspecified atom stereocenters. The van der Waals surface area contributed by atoms with E-state index in [9.17, 15) is 4.79 Å². The van der Waals surface area contributed by atoms with Crippen LogP contribution < -0.4 is 10.9 Å². The van der Waals surface area contributed by atoms with Crippen molar-refractivity contribution in [3.63, 3.8) is 0 Å². The van der Waals surface area contributed by atoms with E-state index in [0.717, 1.165) is 34.1 Å². The lowest BCUT2D eigenvalue weighted by Crippen LogP contribution is -2.24. The van der Waals surface area contributed by atoms with E-state index in [0.29, 0.717) is 12.6 Å². The Morgan fingerprint density at radius 2 is 2.10 bits per heavy atom. The Balaban J connectivity index is 2.45. The first-order valence-corrected chi connectivity index (χ1v) is 8.29. The summed E-state index contributed by atoms with van der Waals surface area (Å²) in [6.45, 7) is 10.9. The van der Waals surface area contributed by atoms with Crippen molar-refractivity contribution in [1.29, 1.82) is 0 Å². The normalized spacial score (nSPS) is 12.4. The number of pyridine rings is 1. The van der Waals surface area contributed by atoms with Crippen LogP contribution in [0.15, 0.2) is 16.2 Å². The minimum atomic E-state index is 0.0513. The summed E-state index contributed by atoms with van der Waals surface area (Å²) in [4.78, 5) is 17.2. The van der Waals surface area contributed by atoms with Crippen LogP contribution in [-0.2, 0) is 6.54 Å². The van der Waals surface area contributed by atoms with Crippen LogP contribution in [-0.4, -0.2) is 15.6 Å². The van der Waals surface area contributed by atoms with E-state index in [2.05, 4.69) is 30.2 Å². The molecule has 0 aromatic carbocycles. The van der Waals surface area contributed by atoms with E-state index in [-0.39, 0.29) is 5.56 Å². The molecule has 5 heteroatoms. The first-order valence-electron chi connectivity index (χ1n) is 7.41. The Kier molecular flexibility index (Phi) is 4.83. The van der Waals surface area contributed by atoms with Crippen molar-refractivity contribution in [2.75, 3.05) is 5.32 Å². The number of aromatic nitrogens is 2. The van der Waals surface area contributed by atoms with Crippen molar-refractivity contribution >= 4 is 16.5 Å². The number of nitrogens with one attached hydrogen (secondary N) is 1. The molecule has 0 saturated heterocycles. The maximum absolute atomic E-state index is 12.6. The highest BCUT2D eigenvalue weighted by Gasteiger charge is 2.15. The van der Waals surface area contributed by atoms with Crippen LogP contribution >= 0.6 is 11.3 Å². The third kappa shape index (κ3) is 3.18. The van der Waals surface area contributed by atoms with Gasteiger partial charge in [0.2, 0.25) is 0 Å². The Morgan fingerprint density at radius 3 is 2.71 bits per heavy atom. The Labute approximate surface area is 129 Å². The molecule has 114 valence electrons. The lowest BCUT2D eigenvalue weighted by atomic mass is 10.1. The summed E-state index contributed by atoms with van der Waals surface area (Å²) >= 11 is 1.55. The van der Waals surface area contributed by atoms with E-state index in [1.54, 1.807) is 15.9 Å². The number of anilines is 1. The van der Waals surface area contributed by atoms with Crippen LogP contribution in [0.5, 0.6) is 0 Å². The smallest absolute Gasteiger partial charge is 0.260 e. The molecule has 0 fully saturated rings. The van der Waals surface area contributed by atoms with Crippen molar-refractivity contribution < 1.29 is 0 Å². The van der Waals surface area contributed by atoms with Crippen LogP contribution in [0.25, 0.3) is 11.3 Å². The summed E-state index contributed by atoms with van der Waals surface area (Å²) in [5.74, 6) is 0. The minimum Gasteiger partial charge on any atom is -0.359 e. The molecule has 0 aliphatic heterocycles. The lowest BCUT2D eigenvalue weighted by Gasteiger charge is -2.12. The van der Waals surface area contributed by atoms with E-state index < -0.39 is 0 Å². The quantitative estimate of drug-likeness (QED) is 0.913. The largest absolute Gasteiger partial charge is 0.359 e. The predicted octanol–water partition coefficient (Wildman–Crippen LogP) is 3.82. The second-order valence-electron chi connectivity index (χ2n) is 5.38. The monoisotopic (exact) mass is 305 g/mol. The van der Waals surface area contributed by atoms with Gasteiger partial charge in [-0.05, 0) is 45.7 Å². The van der Waals surface area contributed by atoms with Crippen molar-refractivity contribution in [2.45, 2.75) is 53.6 Å². The summed E-state index contributed by atoms with van der Waals surface area (Å²) in [6, 6.07) is 2.44. The van der Waals surface area contributed by atoms with Crippen LogP contribution in [0, 0.1) is 13.8 Å². The Bertz CT molecular complexity index is 687. The fraction of sp³-hybridized carbons (Fsp3) is 0.500. The molecular weight excluding hydrogens is 282 g/mol. The lowest BCUT2D eigenvalue weighted by molar-refractivity contribution is 0.700. The Hall–Kier alpha value is -1.62. The van der Waals surface area contributed by atoms with E-state index in [1.807, 2.05) is 26.2 Å². The van der Waals surface area contributed by atoms with Gasteiger partial charge in [0.05, 0.1) is 11.3 Å². The standard InChI is InChI=1S/C16H23N3OS/c1-6-11(4)17-16-18-13(9-21-16)14-10(3)8-12(5)19(7-2)15(14)20/h8-9,11H,6-7H2,1-5H3,(H,17,18). The number of aryl methyl sites for hydroxylation is 2. The van der Waals surface area contributed by atoms with Gasteiger partial charge in [0.25, 0.3) is 5.56 Å². The molecule has 4 nitrogen and oxygen atoms in total. The summed E-state index contributed by atoms with van der Waals surface area (Å²) in [7, 11) is 0. The van der Waals surface area contributed by atoms with Crippen LogP contribution in [0.1, 0.15) is 38.4 Å². The molecule has 0 bridgehead atoms. The summed E-state index contributed by atoms with van der Waals surface area (Å²) < 4.78 is 1.80. The van der Waals surface area contributed by atoms with Crippen LogP contribution in [0.2, 0.25) is 0 Å². The molecule has 0 aliphatic rings. The highest BCUT2D eigenvalue weighted by Crippen LogP contribution is 2.26. The molecular formula is C16H23N3OS. The zero-order valence-electron chi connectivity index (χ0n) is 13.4. The van der Waals surface area contributed by atoms with Crippen molar-refractivity contribution in [3.8, 4) is 11.3 Å². The average Bonchev–Trinajstić information content (AvgIpc) is 2.86. The van der Waals surface area contributed by atoms with Gasteiger partial charge in [0, 0.05) is 23.7 Å². The van der Waals surface area contributed by atoms with Gasteiger partial charge in [0.15, 0.2) is 5.13 Å². The fourth-order valence-corrected chi connectivity index (χ4v) is 3.21. The molecule has 0 aliphatic carbocycles. The topological polar surface area (TPSA) is 46.9 Å². The highest BCUT2D eigenvalue weighted by atomic mass is 32.1. The second kappa shape index (κ2) is 6.43. The summed E-state index contributed by atoms with van der Waals surface area (Å²) in [5, 5.41) is 6.20. The van der Waals surface area contributed by atoms with Gasteiger partial charge in [-0.15, -0.1) is 11.3 Å². The van der Waals surface area contributed by atoms with Gasteiger partial charge in [-0.1, -0.05) is 6.92 Å². The number of rotatable bonds is 5. The number of thiazole rings is 1. The second-order valence-corrected chi connectivity index (χ2v) is 6.24. The van der Waals surface area contributed by atoms with E-state index >= 15 is 0 Å². The molecule has 2 aromatic heterocycles. The van der Waals surface area contributed by atoms with Gasteiger partial charge >= 0.3 is 0 Å².